The van der Waals surface area contributed by atoms with Gasteiger partial charge in [-0.05, 0) is 42.0 Å². The number of para-hydroxylation sites is 1. The highest BCUT2D eigenvalue weighted by molar-refractivity contribution is 7.16. The average molecular weight is 317 g/mol. The van der Waals surface area contributed by atoms with Gasteiger partial charge in [0.15, 0.2) is 0 Å². The molecule has 4 heteroatoms. The zero-order valence-electron chi connectivity index (χ0n) is 11.1. The number of benzene rings is 2. The minimum absolute atomic E-state index is 0.659. The van der Waals surface area contributed by atoms with Crippen LogP contribution in [0.2, 0.25) is 4.34 Å². The van der Waals surface area contributed by atoms with Crippen LogP contribution in [0.4, 0.5) is 0 Å². The van der Waals surface area contributed by atoms with E-state index in [9.17, 15) is 5.11 Å². The first-order valence-electron chi connectivity index (χ1n) is 6.48. The summed E-state index contributed by atoms with van der Waals surface area (Å²) in [5.74, 6) is 1.53. The van der Waals surface area contributed by atoms with Gasteiger partial charge in [-0.25, -0.2) is 0 Å². The van der Waals surface area contributed by atoms with Crippen LogP contribution >= 0.6 is 22.9 Å². The Kier molecular flexibility index (Phi) is 4.25. The Morgan fingerprint density at radius 2 is 1.52 bits per heavy atom. The standard InChI is InChI=1S/C17H13ClO2S/c18-16-11-10-15(21-16)17(19)12-6-8-14(9-7-12)20-13-4-2-1-3-5-13/h1-11,17,19H. The molecule has 0 radical (unpaired) electrons. The molecule has 0 spiro atoms. The highest BCUT2D eigenvalue weighted by Crippen LogP contribution is 2.32. The Morgan fingerprint density at radius 1 is 0.857 bits per heavy atom. The van der Waals surface area contributed by atoms with Crippen molar-refractivity contribution in [1.82, 2.24) is 0 Å². The Morgan fingerprint density at radius 3 is 2.14 bits per heavy atom. The number of halogens is 1. The third kappa shape index (κ3) is 3.45. The Labute approximate surface area is 132 Å². The van der Waals surface area contributed by atoms with Crippen molar-refractivity contribution in [2.45, 2.75) is 6.10 Å². The van der Waals surface area contributed by atoms with Gasteiger partial charge in [-0.15, -0.1) is 11.3 Å². The topological polar surface area (TPSA) is 29.5 Å². The summed E-state index contributed by atoms with van der Waals surface area (Å²) in [5.41, 5.74) is 0.814. The summed E-state index contributed by atoms with van der Waals surface area (Å²) >= 11 is 7.28. The first-order valence-corrected chi connectivity index (χ1v) is 7.68. The van der Waals surface area contributed by atoms with E-state index >= 15 is 0 Å². The second-order valence-electron chi connectivity index (χ2n) is 4.53. The molecule has 1 atom stereocenters. The fourth-order valence-electron chi connectivity index (χ4n) is 1.98. The lowest BCUT2D eigenvalue weighted by atomic mass is 10.1. The van der Waals surface area contributed by atoms with Crippen LogP contribution in [0.15, 0.2) is 66.7 Å². The van der Waals surface area contributed by atoms with Gasteiger partial charge in [0, 0.05) is 4.88 Å². The summed E-state index contributed by atoms with van der Waals surface area (Å²) in [6.07, 6.45) is -0.659. The summed E-state index contributed by atoms with van der Waals surface area (Å²) in [6, 6.07) is 20.6. The van der Waals surface area contributed by atoms with Crippen LogP contribution in [-0.4, -0.2) is 5.11 Å². The first kappa shape index (κ1) is 14.1. The van der Waals surface area contributed by atoms with Gasteiger partial charge < -0.3 is 9.84 Å². The van der Waals surface area contributed by atoms with E-state index in [2.05, 4.69) is 0 Å². The lowest BCUT2D eigenvalue weighted by Crippen LogP contribution is -1.96. The minimum atomic E-state index is -0.659. The Bertz CT molecular complexity index is 707. The van der Waals surface area contributed by atoms with Crippen LogP contribution in [0.1, 0.15) is 16.5 Å². The second-order valence-corrected chi connectivity index (χ2v) is 6.28. The molecule has 0 bridgehead atoms. The van der Waals surface area contributed by atoms with Crippen LogP contribution in [-0.2, 0) is 0 Å². The smallest absolute Gasteiger partial charge is 0.127 e. The fourth-order valence-corrected chi connectivity index (χ4v) is 3.06. The minimum Gasteiger partial charge on any atom is -0.457 e. The average Bonchev–Trinajstić information content (AvgIpc) is 2.95. The Hall–Kier alpha value is -1.81. The number of thiophene rings is 1. The van der Waals surface area contributed by atoms with Gasteiger partial charge in [0.1, 0.15) is 17.6 Å². The molecular formula is C17H13ClO2S. The predicted octanol–water partition coefficient (Wildman–Crippen LogP) is 5.28. The molecule has 2 nitrogen and oxygen atoms in total. The highest BCUT2D eigenvalue weighted by Gasteiger charge is 2.12. The predicted molar refractivity (Wildman–Crippen MR) is 86.3 cm³/mol. The lowest BCUT2D eigenvalue weighted by molar-refractivity contribution is 0.224. The molecule has 0 aliphatic carbocycles. The van der Waals surface area contributed by atoms with E-state index < -0.39 is 6.10 Å². The van der Waals surface area contributed by atoms with Gasteiger partial charge in [-0.3, -0.25) is 0 Å². The summed E-state index contributed by atoms with van der Waals surface area (Å²) in [6.45, 7) is 0. The molecule has 1 aromatic heterocycles. The number of aliphatic hydroxyl groups is 1. The monoisotopic (exact) mass is 316 g/mol. The first-order chi connectivity index (χ1) is 10.2. The van der Waals surface area contributed by atoms with Crippen LogP contribution in [0.25, 0.3) is 0 Å². The number of hydrogen-bond donors (Lipinski definition) is 1. The zero-order valence-corrected chi connectivity index (χ0v) is 12.6. The van der Waals surface area contributed by atoms with Crippen molar-refractivity contribution in [1.29, 1.82) is 0 Å². The number of aliphatic hydroxyl groups excluding tert-OH is 1. The fraction of sp³-hybridized carbons (Fsp3) is 0.0588. The van der Waals surface area contributed by atoms with Crippen molar-refractivity contribution in [3.8, 4) is 11.5 Å². The summed E-state index contributed by atoms with van der Waals surface area (Å²) in [4.78, 5) is 0.830. The van der Waals surface area contributed by atoms with Crippen LogP contribution in [0.3, 0.4) is 0 Å². The van der Waals surface area contributed by atoms with E-state index in [1.54, 1.807) is 6.07 Å². The van der Waals surface area contributed by atoms with E-state index in [0.29, 0.717) is 4.34 Å². The Balaban J connectivity index is 1.75. The molecule has 0 aliphatic rings. The third-order valence-corrected chi connectivity index (χ3v) is 4.32. The van der Waals surface area contributed by atoms with Gasteiger partial charge in [-0.2, -0.15) is 0 Å². The van der Waals surface area contributed by atoms with Crippen molar-refractivity contribution in [3.63, 3.8) is 0 Å². The highest BCUT2D eigenvalue weighted by atomic mass is 35.5. The number of ether oxygens (including phenoxy) is 1. The van der Waals surface area contributed by atoms with Crippen molar-refractivity contribution < 1.29 is 9.84 Å². The second kappa shape index (κ2) is 6.31. The van der Waals surface area contributed by atoms with E-state index in [1.807, 2.05) is 60.7 Å². The lowest BCUT2D eigenvalue weighted by Gasteiger charge is -2.10. The molecule has 0 aliphatic heterocycles. The molecule has 0 fully saturated rings. The van der Waals surface area contributed by atoms with Crippen molar-refractivity contribution >= 4 is 22.9 Å². The molecule has 1 unspecified atom stereocenters. The molecule has 106 valence electrons. The largest absolute Gasteiger partial charge is 0.457 e. The van der Waals surface area contributed by atoms with E-state index in [0.717, 1.165) is 21.9 Å². The van der Waals surface area contributed by atoms with Crippen molar-refractivity contribution in [3.05, 3.63) is 81.5 Å². The number of hydrogen-bond acceptors (Lipinski definition) is 3. The maximum Gasteiger partial charge on any atom is 0.127 e. The zero-order chi connectivity index (χ0) is 14.7. The molecule has 2 aromatic carbocycles. The quantitative estimate of drug-likeness (QED) is 0.710. The maximum absolute atomic E-state index is 10.3. The molecule has 3 aromatic rings. The van der Waals surface area contributed by atoms with E-state index in [1.165, 1.54) is 11.3 Å². The van der Waals surface area contributed by atoms with Crippen LogP contribution in [0, 0.1) is 0 Å². The third-order valence-electron chi connectivity index (χ3n) is 3.04. The van der Waals surface area contributed by atoms with Crippen LogP contribution in [0.5, 0.6) is 11.5 Å². The van der Waals surface area contributed by atoms with Gasteiger partial charge in [0.2, 0.25) is 0 Å². The van der Waals surface area contributed by atoms with Gasteiger partial charge >= 0.3 is 0 Å². The SMILES string of the molecule is OC(c1ccc(Oc2ccccc2)cc1)c1ccc(Cl)s1. The molecular weight excluding hydrogens is 304 g/mol. The molecule has 1 N–H and O–H groups in total. The van der Waals surface area contributed by atoms with Crippen LogP contribution < -0.4 is 4.74 Å². The molecule has 1 heterocycles. The van der Waals surface area contributed by atoms with E-state index in [4.69, 9.17) is 16.3 Å². The molecule has 0 saturated heterocycles. The molecule has 0 amide bonds. The normalized spacial score (nSPS) is 12.1. The summed E-state index contributed by atoms with van der Waals surface area (Å²) in [7, 11) is 0. The van der Waals surface area contributed by atoms with Crippen molar-refractivity contribution in [2.24, 2.45) is 0 Å². The van der Waals surface area contributed by atoms with E-state index in [-0.39, 0.29) is 0 Å². The molecule has 0 saturated carbocycles. The van der Waals surface area contributed by atoms with Gasteiger partial charge in [0.25, 0.3) is 0 Å². The molecule has 3 rings (SSSR count). The maximum atomic E-state index is 10.3. The summed E-state index contributed by atoms with van der Waals surface area (Å²) < 4.78 is 6.40. The molecule has 21 heavy (non-hydrogen) atoms. The number of rotatable bonds is 4. The van der Waals surface area contributed by atoms with Crippen molar-refractivity contribution in [2.75, 3.05) is 0 Å². The summed E-state index contributed by atoms with van der Waals surface area (Å²) in [5, 5.41) is 10.3. The van der Waals surface area contributed by atoms with Gasteiger partial charge in [0.05, 0.1) is 4.34 Å². The van der Waals surface area contributed by atoms with Gasteiger partial charge in [-0.1, -0.05) is 41.9 Å².